The van der Waals surface area contributed by atoms with Crippen molar-refractivity contribution in [3.05, 3.63) is 54.1 Å². The third-order valence-electron chi connectivity index (χ3n) is 4.16. The van der Waals surface area contributed by atoms with Crippen LogP contribution < -0.4 is 5.32 Å². The summed E-state index contributed by atoms with van der Waals surface area (Å²) >= 11 is 0.430. The van der Waals surface area contributed by atoms with E-state index < -0.39 is 21.7 Å². The van der Waals surface area contributed by atoms with Crippen LogP contribution in [0.3, 0.4) is 0 Å². The average Bonchev–Trinajstić information content (AvgIpc) is 3.18. The highest BCUT2D eigenvalue weighted by atomic mass is 32.2. The van der Waals surface area contributed by atoms with E-state index in [2.05, 4.69) is 5.32 Å². The predicted octanol–water partition coefficient (Wildman–Crippen LogP) is 4.04. The van der Waals surface area contributed by atoms with Gasteiger partial charge in [-0.05, 0) is 61.4 Å². The fourth-order valence-electron chi connectivity index (χ4n) is 2.78. The number of alkyl halides is 2. The Morgan fingerprint density at radius 2 is 1.59 bits per heavy atom. The summed E-state index contributed by atoms with van der Waals surface area (Å²) in [5.41, 5.74) is 0.772. The number of carbonyl (C=O) groups is 1. The molecule has 9 heteroatoms. The van der Waals surface area contributed by atoms with Gasteiger partial charge in [-0.3, -0.25) is 4.79 Å². The standard InChI is InChI=1S/C18H18F2N2O3S2/c19-18(20)26-15-7-5-14(6-8-15)21-17(23)13-3-9-16(10-4-13)27(24,25)22-11-1-2-12-22/h3-10,18H,1-2,11-12H2,(H,21,23). The van der Waals surface area contributed by atoms with Crippen LogP contribution in [0.5, 0.6) is 0 Å². The lowest BCUT2D eigenvalue weighted by atomic mass is 10.2. The topological polar surface area (TPSA) is 66.5 Å². The van der Waals surface area contributed by atoms with Gasteiger partial charge in [0.25, 0.3) is 11.7 Å². The van der Waals surface area contributed by atoms with Crippen molar-refractivity contribution in [2.24, 2.45) is 0 Å². The van der Waals surface area contributed by atoms with Crippen molar-refractivity contribution in [1.82, 2.24) is 4.31 Å². The number of anilines is 1. The minimum atomic E-state index is -3.52. The molecule has 0 spiro atoms. The van der Waals surface area contributed by atoms with Gasteiger partial charge in [0, 0.05) is 29.2 Å². The molecular formula is C18H18F2N2O3S2. The highest BCUT2D eigenvalue weighted by Gasteiger charge is 2.27. The number of amides is 1. The highest BCUT2D eigenvalue weighted by Crippen LogP contribution is 2.26. The second-order valence-corrected chi connectivity index (χ2v) is 8.99. The van der Waals surface area contributed by atoms with E-state index in [0.717, 1.165) is 12.8 Å². The summed E-state index contributed by atoms with van der Waals surface area (Å²) in [7, 11) is -3.52. The lowest BCUT2D eigenvalue weighted by molar-refractivity contribution is 0.102. The molecule has 2 aromatic rings. The van der Waals surface area contributed by atoms with Gasteiger partial charge in [0.05, 0.1) is 4.90 Å². The molecule has 0 aromatic heterocycles. The lowest BCUT2D eigenvalue weighted by Gasteiger charge is -2.15. The first-order valence-corrected chi connectivity index (χ1v) is 10.6. The molecule has 0 saturated carbocycles. The number of carbonyl (C=O) groups excluding carboxylic acids is 1. The molecule has 3 rings (SSSR count). The maximum absolute atomic E-state index is 12.5. The van der Waals surface area contributed by atoms with Gasteiger partial charge in [-0.2, -0.15) is 13.1 Å². The van der Waals surface area contributed by atoms with Gasteiger partial charge >= 0.3 is 0 Å². The number of halogens is 2. The Labute approximate surface area is 160 Å². The molecule has 0 bridgehead atoms. The number of benzene rings is 2. The molecule has 1 saturated heterocycles. The molecule has 1 aliphatic rings. The molecule has 0 atom stereocenters. The van der Waals surface area contributed by atoms with Gasteiger partial charge < -0.3 is 5.32 Å². The van der Waals surface area contributed by atoms with Crippen molar-refractivity contribution in [3.63, 3.8) is 0 Å². The minimum Gasteiger partial charge on any atom is -0.322 e. The maximum atomic E-state index is 12.5. The number of sulfonamides is 1. The molecule has 1 N–H and O–H groups in total. The van der Waals surface area contributed by atoms with Gasteiger partial charge in [0.2, 0.25) is 10.0 Å². The molecule has 0 unspecified atom stereocenters. The van der Waals surface area contributed by atoms with Crippen molar-refractivity contribution in [2.45, 2.75) is 28.4 Å². The van der Waals surface area contributed by atoms with E-state index >= 15 is 0 Å². The number of nitrogens with one attached hydrogen (secondary N) is 1. The van der Waals surface area contributed by atoms with Crippen LogP contribution in [-0.4, -0.2) is 37.5 Å². The second-order valence-electron chi connectivity index (χ2n) is 5.99. The van der Waals surface area contributed by atoms with Crippen LogP contribution in [0.25, 0.3) is 0 Å². The Morgan fingerprint density at radius 1 is 1.00 bits per heavy atom. The van der Waals surface area contributed by atoms with Crippen LogP contribution in [0.4, 0.5) is 14.5 Å². The zero-order valence-corrected chi connectivity index (χ0v) is 15.9. The highest BCUT2D eigenvalue weighted by molar-refractivity contribution is 7.99. The molecule has 0 aliphatic carbocycles. The number of nitrogens with zero attached hydrogens (tertiary/aromatic N) is 1. The summed E-state index contributed by atoms with van der Waals surface area (Å²) < 4.78 is 51.0. The first kappa shape index (κ1) is 19.8. The largest absolute Gasteiger partial charge is 0.322 e. The minimum absolute atomic E-state index is 0.161. The maximum Gasteiger partial charge on any atom is 0.288 e. The molecule has 2 aromatic carbocycles. The van der Waals surface area contributed by atoms with E-state index in [0.29, 0.717) is 41.0 Å². The summed E-state index contributed by atoms with van der Waals surface area (Å²) in [5, 5.41) is 2.66. The van der Waals surface area contributed by atoms with E-state index in [1.54, 1.807) is 0 Å². The van der Waals surface area contributed by atoms with Crippen molar-refractivity contribution in [1.29, 1.82) is 0 Å². The number of thioether (sulfide) groups is 1. The van der Waals surface area contributed by atoms with E-state index in [9.17, 15) is 22.0 Å². The smallest absolute Gasteiger partial charge is 0.288 e. The summed E-state index contributed by atoms with van der Waals surface area (Å²) in [6.45, 7) is 1.04. The van der Waals surface area contributed by atoms with Gasteiger partial charge in [0.1, 0.15) is 0 Å². The van der Waals surface area contributed by atoms with Crippen LogP contribution in [-0.2, 0) is 10.0 Å². The Morgan fingerprint density at radius 3 is 2.15 bits per heavy atom. The van der Waals surface area contributed by atoms with Crippen LogP contribution in [0.15, 0.2) is 58.3 Å². The van der Waals surface area contributed by atoms with Crippen LogP contribution in [0.2, 0.25) is 0 Å². The molecule has 0 radical (unpaired) electrons. The van der Waals surface area contributed by atoms with Crippen molar-refractivity contribution in [2.75, 3.05) is 18.4 Å². The summed E-state index contributed by atoms with van der Waals surface area (Å²) in [4.78, 5) is 12.9. The zero-order chi connectivity index (χ0) is 19.4. The monoisotopic (exact) mass is 412 g/mol. The fourth-order valence-corrected chi connectivity index (χ4v) is 4.79. The van der Waals surface area contributed by atoms with Gasteiger partial charge in [0.15, 0.2) is 0 Å². The van der Waals surface area contributed by atoms with Crippen LogP contribution in [0, 0.1) is 0 Å². The summed E-state index contributed by atoms with van der Waals surface area (Å²) in [5.74, 6) is -2.91. The Bertz CT molecular complexity index is 895. The Kier molecular flexibility index (Phi) is 6.13. The van der Waals surface area contributed by atoms with Gasteiger partial charge in [-0.1, -0.05) is 11.8 Å². The van der Waals surface area contributed by atoms with E-state index in [-0.39, 0.29) is 4.90 Å². The number of hydrogen-bond acceptors (Lipinski definition) is 4. The third-order valence-corrected chi connectivity index (χ3v) is 6.79. The van der Waals surface area contributed by atoms with Crippen molar-refractivity contribution < 1.29 is 22.0 Å². The number of hydrogen-bond donors (Lipinski definition) is 1. The molecule has 1 aliphatic heterocycles. The molecular weight excluding hydrogens is 394 g/mol. The second kappa shape index (κ2) is 8.37. The Balaban J connectivity index is 1.67. The molecule has 27 heavy (non-hydrogen) atoms. The van der Waals surface area contributed by atoms with Gasteiger partial charge in [-0.25, -0.2) is 8.42 Å². The van der Waals surface area contributed by atoms with Crippen molar-refractivity contribution >= 4 is 33.4 Å². The average molecular weight is 412 g/mol. The summed E-state index contributed by atoms with van der Waals surface area (Å²) in [6, 6.07) is 11.8. The molecule has 1 heterocycles. The quantitative estimate of drug-likeness (QED) is 0.728. The normalized spacial score (nSPS) is 15.2. The SMILES string of the molecule is O=C(Nc1ccc(SC(F)F)cc1)c1ccc(S(=O)(=O)N2CCCC2)cc1. The molecule has 1 fully saturated rings. The van der Waals surface area contributed by atoms with E-state index in [1.165, 1.54) is 52.8 Å². The summed E-state index contributed by atoms with van der Waals surface area (Å²) in [6.07, 6.45) is 1.71. The fraction of sp³-hybridized carbons (Fsp3) is 0.278. The van der Waals surface area contributed by atoms with Crippen LogP contribution >= 0.6 is 11.8 Å². The first-order chi connectivity index (χ1) is 12.9. The third kappa shape index (κ3) is 4.85. The molecule has 144 valence electrons. The zero-order valence-electron chi connectivity index (χ0n) is 14.3. The van der Waals surface area contributed by atoms with Gasteiger partial charge in [-0.15, -0.1) is 0 Å². The molecule has 1 amide bonds. The predicted molar refractivity (Wildman–Crippen MR) is 101 cm³/mol. The van der Waals surface area contributed by atoms with E-state index in [1.807, 2.05) is 0 Å². The van der Waals surface area contributed by atoms with E-state index in [4.69, 9.17) is 0 Å². The van der Waals surface area contributed by atoms with Crippen LogP contribution in [0.1, 0.15) is 23.2 Å². The lowest BCUT2D eigenvalue weighted by Crippen LogP contribution is -2.27. The molecule has 5 nitrogen and oxygen atoms in total. The first-order valence-electron chi connectivity index (χ1n) is 8.33. The van der Waals surface area contributed by atoms with Crippen molar-refractivity contribution in [3.8, 4) is 0 Å². The number of rotatable bonds is 6. The Hall–Kier alpha value is -1.97.